The van der Waals surface area contributed by atoms with Crippen molar-refractivity contribution in [3.63, 3.8) is 0 Å². The largest absolute Gasteiger partial charge is 0.356 e. The van der Waals surface area contributed by atoms with Crippen LogP contribution in [0, 0.1) is 13.8 Å². The van der Waals surface area contributed by atoms with Gasteiger partial charge in [-0.15, -0.1) is 0 Å². The molecule has 0 aliphatic carbocycles. The molecule has 78 valence electrons. The maximum atomic E-state index is 6.17. The molecule has 0 N–H and O–H groups in total. The number of aromatic nitrogens is 1. The number of hydrogen-bond donors (Lipinski definition) is 0. The van der Waals surface area contributed by atoms with Crippen LogP contribution in [0.25, 0.3) is 11.3 Å². The van der Waals surface area contributed by atoms with E-state index in [1.165, 1.54) is 0 Å². The van der Waals surface area contributed by atoms with Crippen LogP contribution in [0.2, 0.25) is 10.0 Å². The predicted octanol–water partition coefficient (Wildman–Crippen LogP) is 4.27. The molecule has 0 spiro atoms. The van der Waals surface area contributed by atoms with Crippen LogP contribution >= 0.6 is 23.2 Å². The Bertz CT molecular complexity index is 505. The van der Waals surface area contributed by atoms with Gasteiger partial charge in [-0.2, -0.15) is 0 Å². The lowest BCUT2D eigenvalue weighted by Crippen LogP contribution is -1.83. The van der Waals surface area contributed by atoms with Crippen LogP contribution in [-0.2, 0) is 0 Å². The molecule has 0 atom stereocenters. The van der Waals surface area contributed by atoms with E-state index in [0.29, 0.717) is 21.4 Å². The maximum absolute atomic E-state index is 6.17. The van der Waals surface area contributed by atoms with Crippen molar-refractivity contribution in [2.24, 2.45) is 0 Å². The molecule has 1 aromatic carbocycles. The van der Waals surface area contributed by atoms with Crippen molar-refractivity contribution < 1.29 is 4.52 Å². The fraction of sp³-hybridized carbons (Fsp3) is 0.182. The third-order valence-corrected chi connectivity index (χ3v) is 2.96. The third kappa shape index (κ3) is 1.87. The summed E-state index contributed by atoms with van der Waals surface area (Å²) in [6, 6.07) is 5.49. The lowest BCUT2D eigenvalue weighted by atomic mass is 10.1. The summed E-state index contributed by atoms with van der Waals surface area (Å²) < 4.78 is 5.15. The second kappa shape index (κ2) is 3.87. The summed E-state index contributed by atoms with van der Waals surface area (Å²) in [4.78, 5) is 0. The highest BCUT2D eigenvalue weighted by atomic mass is 35.5. The lowest BCUT2D eigenvalue weighted by Gasteiger charge is -2.05. The van der Waals surface area contributed by atoms with Crippen LogP contribution < -0.4 is 0 Å². The normalized spacial score (nSPS) is 10.7. The van der Waals surface area contributed by atoms with E-state index in [2.05, 4.69) is 5.16 Å². The van der Waals surface area contributed by atoms with Gasteiger partial charge in [0.1, 0.15) is 0 Å². The van der Waals surface area contributed by atoms with E-state index in [9.17, 15) is 0 Å². The van der Waals surface area contributed by atoms with Gasteiger partial charge in [0.05, 0.1) is 21.3 Å². The van der Waals surface area contributed by atoms with Crippen LogP contribution in [0.15, 0.2) is 22.7 Å². The van der Waals surface area contributed by atoms with Gasteiger partial charge < -0.3 is 4.52 Å². The van der Waals surface area contributed by atoms with Gasteiger partial charge in [-0.1, -0.05) is 34.4 Å². The Balaban J connectivity index is 2.66. The van der Waals surface area contributed by atoms with Crippen molar-refractivity contribution in [1.29, 1.82) is 0 Å². The van der Waals surface area contributed by atoms with E-state index in [1.54, 1.807) is 6.07 Å². The smallest absolute Gasteiger partial charge is 0.170 e. The minimum Gasteiger partial charge on any atom is -0.356 e. The van der Waals surface area contributed by atoms with Crippen molar-refractivity contribution in [2.45, 2.75) is 13.8 Å². The van der Waals surface area contributed by atoms with Crippen LogP contribution in [0.5, 0.6) is 0 Å². The summed E-state index contributed by atoms with van der Waals surface area (Å²) in [7, 11) is 0. The van der Waals surface area contributed by atoms with Crippen LogP contribution in [-0.4, -0.2) is 5.16 Å². The molecule has 0 radical (unpaired) electrons. The minimum atomic E-state index is 0.571. The minimum absolute atomic E-state index is 0.571. The lowest BCUT2D eigenvalue weighted by molar-refractivity contribution is 0.427. The zero-order chi connectivity index (χ0) is 11.0. The summed E-state index contributed by atoms with van der Waals surface area (Å²) in [6.45, 7) is 3.77. The highest BCUT2D eigenvalue weighted by Gasteiger charge is 2.14. The Kier molecular flexibility index (Phi) is 2.72. The Morgan fingerprint density at radius 2 is 1.93 bits per heavy atom. The van der Waals surface area contributed by atoms with Gasteiger partial charge in [0.2, 0.25) is 0 Å². The third-order valence-electron chi connectivity index (χ3n) is 2.16. The van der Waals surface area contributed by atoms with Gasteiger partial charge in [-0.05, 0) is 25.5 Å². The molecule has 1 heterocycles. The zero-order valence-corrected chi connectivity index (χ0v) is 9.86. The molecule has 2 rings (SSSR count). The van der Waals surface area contributed by atoms with Gasteiger partial charge >= 0.3 is 0 Å². The fourth-order valence-electron chi connectivity index (χ4n) is 1.36. The molecule has 4 heteroatoms. The molecule has 2 aromatic rings. The number of aryl methyl sites for hydroxylation is 2. The number of benzene rings is 1. The quantitative estimate of drug-likeness (QED) is 0.746. The molecule has 0 fully saturated rings. The summed E-state index contributed by atoms with van der Waals surface area (Å²) in [5.74, 6) is 0.603. The number of nitrogens with zero attached hydrogens (tertiary/aromatic N) is 1. The second-order valence-electron chi connectivity index (χ2n) is 3.39. The monoisotopic (exact) mass is 241 g/mol. The van der Waals surface area contributed by atoms with E-state index < -0.39 is 0 Å². The Morgan fingerprint density at radius 3 is 2.53 bits per heavy atom. The van der Waals surface area contributed by atoms with Crippen LogP contribution in [0.4, 0.5) is 0 Å². The molecule has 0 saturated heterocycles. The fourth-order valence-corrected chi connectivity index (χ4v) is 1.92. The summed E-state index contributed by atoms with van der Waals surface area (Å²) in [5, 5.41) is 4.99. The van der Waals surface area contributed by atoms with E-state index in [1.807, 2.05) is 26.0 Å². The van der Waals surface area contributed by atoms with Gasteiger partial charge in [-0.25, -0.2) is 0 Å². The van der Waals surface area contributed by atoms with Crippen molar-refractivity contribution in [3.05, 3.63) is 39.5 Å². The molecule has 0 aliphatic rings. The first-order valence-electron chi connectivity index (χ1n) is 4.48. The molecular formula is C11H9Cl2NO. The molecule has 0 saturated carbocycles. The molecule has 1 aromatic heterocycles. The first-order chi connectivity index (χ1) is 7.09. The zero-order valence-electron chi connectivity index (χ0n) is 8.34. The number of hydrogen-bond acceptors (Lipinski definition) is 2. The Morgan fingerprint density at radius 1 is 1.20 bits per heavy atom. The standard InChI is InChI=1S/C11H9Cl2NO/c1-6-3-4-8(12)10(11(6)13)9-5-7(2)14-15-9/h3-5H,1-2H3. The van der Waals surface area contributed by atoms with Crippen molar-refractivity contribution >= 4 is 23.2 Å². The number of rotatable bonds is 1. The van der Waals surface area contributed by atoms with Gasteiger partial charge in [0.25, 0.3) is 0 Å². The van der Waals surface area contributed by atoms with Crippen LogP contribution in [0.1, 0.15) is 11.3 Å². The van der Waals surface area contributed by atoms with E-state index in [0.717, 1.165) is 11.3 Å². The highest BCUT2D eigenvalue weighted by Crippen LogP contribution is 2.36. The second-order valence-corrected chi connectivity index (χ2v) is 4.17. The van der Waals surface area contributed by atoms with Crippen molar-refractivity contribution in [3.8, 4) is 11.3 Å². The predicted molar refractivity (Wildman–Crippen MR) is 61.4 cm³/mol. The van der Waals surface area contributed by atoms with Gasteiger partial charge in [-0.3, -0.25) is 0 Å². The Labute approximate surface area is 97.8 Å². The molecule has 0 bridgehead atoms. The molecule has 0 unspecified atom stereocenters. The summed E-state index contributed by atoms with van der Waals surface area (Å²) in [6.07, 6.45) is 0. The van der Waals surface area contributed by atoms with E-state index >= 15 is 0 Å². The molecule has 15 heavy (non-hydrogen) atoms. The average molecular weight is 242 g/mol. The summed E-state index contributed by atoms with van der Waals surface area (Å²) >= 11 is 12.2. The van der Waals surface area contributed by atoms with Crippen molar-refractivity contribution in [1.82, 2.24) is 5.16 Å². The van der Waals surface area contributed by atoms with Crippen LogP contribution in [0.3, 0.4) is 0 Å². The molecule has 0 amide bonds. The first-order valence-corrected chi connectivity index (χ1v) is 5.23. The first kappa shape index (κ1) is 10.5. The van der Waals surface area contributed by atoms with Gasteiger partial charge in [0, 0.05) is 6.07 Å². The molecule has 2 nitrogen and oxygen atoms in total. The molecular weight excluding hydrogens is 233 g/mol. The maximum Gasteiger partial charge on any atom is 0.170 e. The SMILES string of the molecule is Cc1cc(-c2c(Cl)ccc(C)c2Cl)on1. The van der Waals surface area contributed by atoms with E-state index in [4.69, 9.17) is 27.7 Å². The highest BCUT2D eigenvalue weighted by molar-refractivity contribution is 6.39. The van der Waals surface area contributed by atoms with Crippen molar-refractivity contribution in [2.75, 3.05) is 0 Å². The topological polar surface area (TPSA) is 26.0 Å². The summed E-state index contributed by atoms with van der Waals surface area (Å²) in [5.41, 5.74) is 2.47. The Hall–Kier alpha value is -0.990. The van der Waals surface area contributed by atoms with E-state index in [-0.39, 0.29) is 0 Å². The average Bonchev–Trinajstić information content (AvgIpc) is 2.59. The molecule has 0 aliphatic heterocycles. The number of halogens is 2. The van der Waals surface area contributed by atoms with Gasteiger partial charge in [0.15, 0.2) is 5.76 Å².